The lowest BCUT2D eigenvalue weighted by Crippen LogP contribution is -2.47. The molecule has 0 saturated heterocycles. The van der Waals surface area contributed by atoms with Crippen molar-refractivity contribution in [3.05, 3.63) is 29.8 Å². The van der Waals surface area contributed by atoms with E-state index in [-0.39, 0.29) is 18.6 Å². The molecule has 1 aromatic carbocycles. The second-order valence-corrected chi connectivity index (χ2v) is 5.75. The number of aliphatic carboxylic acids is 1. The van der Waals surface area contributed by atoms with E-state index < -0.39 is 5.97 Å². The van der Waals surface area contributed by atoms with E-state index in [1.165, 1.54) is 18.4 Å². The molecule has 0 spiro atoms. The molecule has 0 aromatic heterocycles. The van der Waals surface area contributed by atoms with Crippen LogP contribution in [0.2, 0.25) is 0 Å². The number of aryl methyl sites for hydroxylation is 1. The average Bonchev–Trinajstić information content (AvgIpc) is 2.49. The Morgan fingerprint density at radius 3 is 2.71 bits per heavy atom. The van der Waals surface area contributed by atoms with Crippen molar-refractivity contribution in [3.8, 4) is 0 Å². The normalized spacial score (nSPS) is 22.0. The van der Waals surface area contributed by atoms with Crippen LogP contribution in [0.15, 0.2) is 24.3 Å². The molecule has 0 bridgehead atoms. The van der Waals surface area contributed by atoms with Gasteiger partial charge in [0.05, 0.1) is 18.6 Å². The lowest BCUT2D eigenvalue weighted by atomic mass is 9.90. The summed E-state index contributed by atoms with van der Waals surface area (Å²) in [5.74, 6) is -0.752. The highest BCUT2D eigenvalue weighted by atomic mass is 16.5. The Kier molecular flexibility index (Phi) is 5.62. The van der Waals surface area contributed by atoms with E-state index in [0.29, 0.717) is 6.54 Å². The third kappa shape index (κ3) is 3.97. The largest absolute Gasteiger partial charge is 0.481 e. The molecule has 0 heterocycles. The topological polar surface area (TPSA) is 49.8 Å². The van der Waals surface area contributed by atoms with Gasteiger partial charge in [0.1, 0.15) is 0 Å². The van der Waals surface area contributed by atoms with Gasteiger partial charge in [-0.1, -0.05) is 31.0 Å². The summed E-state index contributed by atoms with van der Waals surface area (Å²) in [4.78, 5) is 13.2. The molecule has 2 unspecified atom stereocenters. The number of nitrogens with zero attached hydrogens (tertiary/aromatic N) is 1. The van der Waals surface area contributed by atoms with Gasteiger partial charge in [0.15, 0.2) is 0 Å². The lowest BCUT2D eigenvalue weighted by Gasteiger charge is -2.41. The number of rotatable bonds is 6. The van der Waals surface area contributed by atoms with Crippen LogP contribution in [-0.4, -0.2) is 36.9 Å². The Bertz CT molecular complexity index is 475. The minimum absolute atomic E-state index is 0.154. The Morgan fingerprint density at radius 1 is 1.33 bits per heavy atom. The zero-order chi connectivity index (χ0) is 15.2. The molecule has 2 rings (SSSR count). The standard InChI is InChI=1S/C17H25NO3/c1-13-7-3-4-8-14(13)18(12-11-17(19)20)15-9-5-6-10-16(15)21-2/h3-4,7-8,15-16H,5-6,9-12H2,1-2H3,(H,19,20). The molecule has 1 aliphatic carbocycles. The molecule has 1 N–H and O–H groups in total. The number of hydrogen-bond donors (Lipinski definition) is 1. The van der Waals surface area contributed by atoms with Crippen LogP contribution >= 0.6 is 0 Å². The van der Waals surface area contributed by atoms with Gasteiger partial charge in [0.25, 0.3) is 0 Å². The maximum Gasteiger partial charge on any atom is 0.305 e. The Morgan fingerprint density at radius 2 is 2.05 bits per heavy atom. The SMILES string of the molecule is COC1CCCCC1N(CCC(=O)O)c1ccccc1C. The highest BCUT2D eigenvalue weighted by Gasteiger charge is 2.31. The molecule has 2 atom stereocenters. The molecule has 1 aliphatic rings. The monoisotopic (exact) mass is 291 g/mol. The van der Waals surface area contributed by atoms with E-state index >= 15 is 0 Å². The molecule has 1 aromatic rings. The van der Waals surface area contributed by atoms with Crippen LogP contribution in [0.5, 0.6) is 0 Å². The van der Waals surface area contributed by atoms with Crippen molar-refractivity contribution in [1.82, 2.24) is 0 Å². The summed E-state index contributed by atoms with van der Waals surface area (Å²) < 4.78 is 5.66. The fraction of sp³-hybridized carbons (Fsp3) is 0.588. The number of hydrogen-bond acceptors (Lipinski definition) is 3. The average molecular weight is 291 g/mol. The minimum atomic E-state index is -0.752. The van der Waals surface area contributed by atoms with Crippen LogP contribution in [-0.2, 0) is 9.53 Å². The number of anilines is 1. The first-order valence-electron chi connectivity index (χ1n) is 7.70. The van der Waals surface area contributed by atoms with Crippen molar-refractivity contribution in [1.29, 1.82) is 0 Å². The Balaban J connectivity index is 2.26. The van der Waals surface area contributed by atoms with Crippen LogP contribution in [0.4, 0.5) is 5.69 Å². The van der Waals surface area contributed by atoms with Crippen molar-refractivity contribution >= 4 is 11.7 Å². The number of carboxylic acid groups (broad SMARTS) is 1. The number of methoxy groups -OCH3 is 1. The van der Waals surface area contributed by atoms with Gasteiger partial charge in [-0.15, -0.1) is 0 Å². The number of carbonyl (C=O) groups is 1. The van der Waals surface area contributed by atoms with Crippen LogP contribution < -0.4 is 4.90 Å². The first-order valence-corrected chi connectivity index (χ1v) is 7.70. The number of para-hydroxylation sites is 1. The van der Waals surface area contributed by atoms with E-state index in [4.69, 9.17) is 9.84 Å². The van der Waals surface area contributed by atoms with Gasteiger partial charge in [-0.05, 0) is 31.4 Å². The zero-order valence-corrected chi connectivity index (χ0v) is 12.9. The molecular weight excluding hydrogens is 266 g/mol. The molecule has 0 radical (unpaired) electrons. The Hall–Kier alpha value is -1.55. The van der Waals surface area contributed by atoms with E-state index in [1.54, 1.807) is 7.11 Å². The maximum atomic E-state index is 11.0. The molecule has 0 aliphatic heterocycles. The van der Waals surface area contributed by atoms with Gasteiger partial charge in [-0.2, -0.15) is 0 Å². The van der Waals surface area contributed by atoms with Crippen molar-refractivity contribution < 1.29 is 14.6 Å². The molecule has 0 amide bonds. The van der Waals surface area contributed by atoms with Crippen molar-refractivity contribution in [2.45, 2.75) is 51.2 Å². The molecule has 21 heavy (non-hydrogen) atoms. The van der Waals surface area contributed by atoms with Crippen molar-refractivity contribution in [2.24, 2.45) is 0 Å². The van der Waals surface area contributed by atoms with Gasteiger partial charge >= 0.3 is 5.97 Å². The van der Waals surface area contributed by atoms with Crippen LogP contribution in [0, 0.1) is 6.92 Å². The highest BCUT2D eigenvalue weighted by molar-refractivity contribution is 5.68. The molecule has 4 nitrogen and oxygen atoms in total. The summed E-state index contributed by atoms with van der Waals surface area (Å²) in [6.07, 6.45) is 4.83. The maximum absolute atomic E-state index is 11.0. The van der Waals surface area contributed by atoms with Crippen molar-refractivity contribution in [3.63, 3.8) is 0 Å². The summed E-state index contributed by atoms with van der Waals surface area (Å²) in [6.45, 7) is 2.61. The van der Waals surface area contributed by atoms with Gasteiger partial charge in [-0.3, -0.25) is 4.79 Å². The fourth-order valence-electron chi connectivity index (χ4n) is 3.28. The van der Waals surface area contributed by atoms with Gasteiger partial charge < -0.3 is 14.7 Å². The first kappa shape index (κ1) is 15.8. The predicted octanol–water partition coefficient (Wildman–Crippen LogP) is 3.23. The highest BCUT2D eigenvalue weighted by Crippen LogP contribution is 2.31. The van der Waals surface area contributed by atoms with Crippen LogP contribution in [0.25, 0.3) is 0 Å². The summed E-state index contributed by atoms with van der Waals surface area (Å²) in [5.41, 5.74) is 2.32. The third-order valence-corrected chi connectivity index (χ3v) is 4.36. The Labute approximate surface area is 126 Å². The summed E-state index contributed by atoms with van der Waals surface area (Å²) >= 11 is 0. The first-order chi connectivity index (χ1) is 10.1. The van der Waals surface area contributed by atoms with Gasteiger partial charge in [0.2, 0.25) is 0 Å². The van der Waals surface area contributed by atoms with Crippen molar-refractivity contribution in [2.75, 3.05) is 18.6 Å². The molecular formula is C17H25NO3. The molecule has 4 heteroatoms. The summed E-state index contributed by atoms with van der Waals surface area (Å²) in [6, 6.07) is 8.46. The summed E-state index contributed by atoms with van der Waals surface area (Å²) in [5, 5.41) is 9.04. The molecule has 1 saturated carbocycles. The predicted molar refractivity (Wildman–Crippen MR) is 83.8 cm³/mol. The second-order valence-electron chi connectivity index (χ2n) is 5.75. The van der Waals surface area contributed by atoms with Gasteiger partial charge in [0, 0.05) is 19.3 Å². The zero-order valence-electron chi connectivity index (χ0n) is 12.9. The molecule has 116 valence electrons. The number of carboxylic acids is 1. The molecule has 1 fully saturated rings. The van der Waals surface area contributed by atoms with Gasteiger partial charge in [-0.25, -0.2) is 0 Å². The van der Waals surface area contributed by atoms with Crippen LogP contribution in [0.1, 0.15) is 37.7 Å². The quantitative estimate of drug-likeness (QED) is 0.874. The number of benzene rings is 1. The number of ether oxygens (including phenoxy) is 1. The minimum Gasteiger partial charge on any atom is -0.481 e. The van der Waals surface area contributed by atoms with Crippen LogP contribution in [0.3, 0.4) is 0 Å². The van der Waals surface area contributed by atoms with E-state index in [1.807, 2.05) is 12.1 Å². The lowest BCUT2D eigenvalue weighted by molar-refractivity contribution is -0.136. The fourth-order valence-corrected chi connectivity index (χ4v) is 3.28. The second kappa shape index (κ2) is 7.46. The van der Waals surface area contributed by atoms with E-state index in [2.05, 4.69) is 24.0 Å². The third-order valence-electron chi connectivity index (χ3n) is 4.36. The van der Waals surface area contributed by atoms with E-state index in [9.17, 15) is 4.79 Å². The van der Waals surface area contributed by atoms with E-state index in [0.717, 1.165) is 18.5 Å². The smallest absolute Gasteiger partial charge is 0.305 e. The summed E-state index contributed by atoms with van der Waals surface area (Å²) in [7, 11) is 1.76.